The molecule has 0 aliphatic carbocycles. The molecule has 0 saturated carbocycles. The van der Waals surface area contributed by atoms with E-state index in [2.05, 4.69) is 14.9 Å². The van der Waals surface area contributed by atoms with Crippen LogP contribution in [-0.2, 0) is 33.4 Å². The van der Waals surface area contributed by atoms with E-state index in [-0.39, 0.29) is 37.0 Å². The number of para-hydroxylation sites is 1. The molecule has 1 aromatic carbocycles. The molecule has 218 valence electrons. The minimum absolute atomic E-state index is 0.125. The summed E-state index contributed by atoms with van der Waals surface area (Å²) < 4.78 is 14.2. The van der Waals surface area contributed by atoms with E-state index in [1.807, 2.05) is 39.0 Å². The fourth-order valence-corrected chi connectivity index (χ4v) is 2.78. The summed E-state index contributed by atoms with van der Waals surface area (Å²) in [6.07, 6.45) is 3.97. The number of hydrazine groups is 1. The van der Waals surface area contributed by atoms with Gasteiger partial charge in [0.15, 0.2) is 0 Å². The number of carbonyl (C=O) groups excluding carboxylic acids is 4. The first-order valence-corrected chi connectivity index (χ1v) is 13.0. The van der Waals surface area contributed by atoms with Gasteiger partial charge in [0.05, 0.1) is 32.1 Å². The van der Waals surface area contributed by atoms with Crippen LogP contribution in [0.5, 0.6) is 0 Å². The number of nitrogens with zero attached hydrogens (tertiary/aromatic N) is 1. The number of rotatable bonds is 12. The van der Waals surface area contributed by atoms with Gasteiger partial charge in [-0.1, -0.05) is 38.0 Å². The Kier molecular flexibility index (Phi) is 25.0. The van der Waals surface area contributed by atoms with E-state index < -0.39 is 5.92 Å². The number of amides is 2. The number of nitrogens with one attached hydrogen (secondary N) is 1. The highest BCUT2D eigenvalue weighted by Crippen LogP contribution is 2.22. The summed E-state index contributed by atoms with van der Waals surface area (Å²) in [5.41, 5.74) is 3.34. The average molecular weight is 543 g/mol. The first-order valence-electron chi connectivity index (χ1n) is 13.0. The van der Waals surface area contributed by atoms with Gasteiger partial charge < -0.3 is 24.4 Å². The Morgan fingerprint density at radius 3 is 1.74 bits per heavy atom. The van der Waals surface area contributed by atoms with Gasteiger partial charge in [-0.05, 0) is 45.2 Å². The van der Waals surface area contributed by atoms with Crippen LogP contribution in [-0.4, -0.2) is 73.6 Å². The largest absolute Gasteiger partial charge is 0.466 e. The van der Waals surface area contributed by atoms with Crippen LogP contribution in [0.3, 0.4) is 0 Å². The molecule has 3 N–H and O–H groups in total. The summed E-state index contributed by atoms with van der Waals surface area (Å²) in [7, 11) is 0. The van der Waals surface area contributed by atoms with E-state index in [1.54, 1.807) is 12.1 Å². The molecule has 2 rings (SSSR count). The lowest BCUT2D eigenvalue weighted by Gasteiger charge is -2.14. The van der Waals surface area contributed by atoms with Crippen LogP contribution in [0.1, 0.15) is 66.7 Å². The van der Waals surface area contributed by atoms with Gasteiger partial charge in [0, 0.05) is 27.1 Å². The number of carbonyl (C=O) groups is 4. The predicted molar refractivity (Wildman–Crippen MR) is 144 cm³/mol. The highest BCUT2D eigenvalue weighted by Gasteiger charge is 2.39. The molecule has 1 aromatic rings. The molecule has 1 fully saturated rings. The molecule has 1 heterocycles. The van der Waals surface area contributed by atoms with Crippen LogP contribution in [0.4, 0.5) is 5.69 Å². The van der Waals surface area contributed by atoms with Crippen molar-refractivity contribution in [3.05, 3.63) is 30.3 Å². The summed E-state index contributed by atoms with van der Waals surface area (Å²) >= 11 is 0. The predicted octanol–water partition coefficient (Wildman–Crippen LogP) is 2.78. The van der Waals surface area contributed by atoms with Crippen molar-refractivity contribution in [1.82, 2.24) is 5.43 Å². The van der Waals surface area contributed by atoms with Crippen LogP contribution in [0, 0.1) is 5.92 Å². The van der Waals surface area contributed by atoms with Crippen molar-refractivity contribution in [2.24, 2.45) is 5.92 Å². The van der Waals surface area contributed by atoms with Crippen LogP contribution in [0.15, 0.2) is 30.3 Å². The zero-order valence-electron chi connectivity index (χ0n) is 23.4. The fourth-order valence-electron chi connectivity index (χ4n) is 2.78. The smallest absolute Gasteiger partial charge is 0.302 e. The summed E-state index contributed by atoms with van der Waals surface area (Å²) in [6, 6.07) is 9.17. The molecule has 1 atom stereocenters. The Morgan fingerprint density at radius 2 is 1.37 bits per heavy atom. The van der Waals surface area contributed by atoms with Crippen LogP contribution in [0.25, 0.3) is 0 Å². The Bertz CT molecular complexity index is 738. The number of hydrogen-bond acceptors (Lipinski definition) is 9. The topological polar surface area (TPSA) is 152 Å². The van der Waals surface area contributed by atoms with E-state index in [4.69, 9.17) is 14.9 Å². The lowest BCUT2D eigenvalue weighted by Crippen LogP contribution is -2.35. The number of aliphatic hydroxyl groups is 2. The SMILES string of the molecule is CC(=O)OCCCCOC(C)=O.CCCCC1C(=O)NN(c2ccccc2)C1=O.CCOCC.OCCO. The number of ether oxygens (including phenoxy) is 3. The third-order valence-electron chi connectivity index (χ3n) is 4.58. The molecule has 0 radical (unpaired) electrons. The first kappa shape index (κ1) is 37.1. The number of benzene rings is 1. The molecule has 38 heavy (non-hydrogen) atoms. The van der Waals surface area contributed by atoms with Gasteiger partial charge in [0.2, 0.25) is 0 Å². The lowest BCUT2D eigenvalue weighted by atomic mass is 10.0. The molecular formula is C27H46N2O9. The molecule has 11 heteroatoms. The molecule has 0 aromatic heterocycles. The maximum atomic E-state index is 12.1. The number of esters is 2. The standard InChI is InChI=1S/C13H16N2O2.C8H14O4.C4H10O.C2H6O2/c1-2-3-9-11-12(16)14-15(13(11)17)10-7-5-4-6-8-10;1-7(9)11-5-3-4-6-12-8(2)10;1-3-5-4-2;3-1-2-4/h4-8,11H,2-3,9H2,1H3,(H,14,16);3-6H2,1-2H3;3-4H2,1-2H3;3-4H,1-2H2. The van der Waals surface area contributed by atoms with Crippen molar-refractivity contribution < 1.29 is 43.6 Å². The maximum Gasteiger partial charge on any atom is 0.302 e. The molecule has 2 amide bonds. The Labute approximate surface area is 226 Å². The third-order valence-corrected chi connectivity index (χ3v) is 4.58. The number of unbranched alkanes of at least 4 members (excludes halogenated alkanes) is 2. The van der Waals surface area contributed by atoms with Gasteiger partial charge >= 0.3 is 11.9 Å². The van der Waals surface area contributed by atoms with Crippen molar-refractivity contribution in [2.75, 3.05) is 44.7 Å². The molecule has 0 spiro atoms. The van der Waals surface area contributed by atoms with Crippen molar-refractivity contribution >= 4 is 29.4 Å². The molecule has 11 nitrogen and oxygen atoms in total. The summed E-state index contributed by atoms with van der Waals surface area (Å²) in [4.78, 5) is 44.3. The Hall–Kier alpha value is -3.02. The minimum atomic E-state index is -0.518. The molecule has 1 unspecified atom stereocenters. The van der Waals surface area contributed by atoms with E-state index in [1.165, 1.54) is 18.9 Å². The summed E-state index contributed by atoms with van der Waals surface area (Å²) in [6.45, 7) is 11.0. The van der Waals surface area contributed by atoms with Gasteiger partial charge in [-0.15, -0.1) is 0 Å². The first-order chi connectivity index (χ1) is 18.2. The van der Waals surface area contributed by atoms with Crippen molar-refractivity contribution in [3.8, 4) is 0 Å². The highest BCUT2D eigenvalue weighted by molar-refractivity contribution is 6.14. The zero-order valence-corrected chi connectivity index (χ0v) is 23.4. The van der Waals surface area contributed by atoms with E-state index in [0.29, 0.717) is 25.3 Å². The van der Waals surface area contributed by atoms with E-state index in [0.717, 1.165) is 38.9 Å². The maximum absolute atomic E-state index is 12.1. The monoisotopic (exact) mass is 542 g/mol. The Balaban J connectivity index is 0. The van der Waals surface area contributed by atoms with Gasteiger partial charge in [0.25, 0.3) is 11.8 Å². The van der Waals surface area contributed by atoms with Crippen molar-refractivity contribution in [2.45, 2.75) is 66.7 Å². The highest BCUT2D eigenvalue weighted by atomic mass is 16.5. The number of anilines is 1. The fraction of sp³-hybridized carbons (Fsp3) is 0.630. The molecular weight excluding hydrogens is 496 g/mol. The third kappa shape index (κ3) is 20.1. The van der Waals surface area contributed by atoms with E-state index >= 15 is 0 Å². The van der Waals surface area contributed by atoms with Gasteiger partial charge in [-0.25, -0.2) is 5.01 Å². The number of hydrogen-bond donors (Lipinski definition) is 3. The second-order valence-electron chi connectivity index (χ2n) is 7.80. The normalized spacial score (nSPS) is 13.6. The van der Waals surface area contributed by atoms with Crippen LogP contribution < -0.4 is 10.4 Å². The number of aliphatic hydroxyl groups excluding tert-OH is 2. The molecule has 1 saturated heterocycles. The molecule has 0 bridgehead atoms. The van der Waals surface area contributed by atoms with Crippen molar-refractivity contribution in [1.29, 1.82) is 0 Å². The van der Waals surface area contributed by atoms with Crippen LogP contribution in [0.2, 0.25) is 0 Å². The van der Waals surface area contributed by atoms with Gasteiger partial charge in [0.1, 0.15) is 5.92 Å². The van der Waals surface area contributed by atoms with E-state index in [9.17, 15) is 19.2 Å². The van der Waals surface area contributed by atoms with Gasteiger partial charge in [-0.3, -0.25) is 24.6 Å². The van der Waals surface area contributed by atoms with Crippen molar-refractivity contribution in [3.63, 3.8) is 0 Å². The zero-order chi connectivity index (χ0) is 29.2. The molecule has 1 aliphatic rings. The summed E-state index contributed by atoms with van der Waals surface area (Å²) in [5.74, 6) is -1.40. The second kappa shape index (κ2) is 25.6. The second-order valence-corrected chi connectivity index (χ2v) is 7.80. The quantitative estimate of drug-likeness (QED) is 0.206. The summed E-state index contributed by atoms with van der Waals surface area (Å²) in [5, 5.41) is 16.6. The average Bonchev–Trinajstić information content (AvgIpc) is 3.19. The Morgan fingerprint density at radius 1 is 0.868 bits per heavy atom. The lowest BCUT2D eigenvalue weighted by molar-refractivity contribution is -0.143. The minimum Gasteiger partial charge on any atom is -0.466 e. The molecule has 1 aliphatic heterocycles. The van der Waals surface area contributed by atoms with Crippen LogP contribution >= 0.6 is 0 Å². The van der Waals surface area contributed by atoms with Gasteiger partial charge in [-0.2, -0.15) is 0 Å².